The average Bonchev–Trinajstić information content (AvgIpc) is 0.779. The molecule has 3 fully saturated rings. The van der Waals surface area contributed by atoms with E-state index in [2.05, 4.69) is 129 Å². The van der Waals surface area contributed by atoms with E-state index in [4.69, 9.17) is 28.4 Å². The van der Waals surface area contributed by atoms with Gasteiger partial charge in [0.15, 0.2) is 18.9 Å². The molecule has 610 valence electrons. The summed E-state index contributed by atoms with van der Waals surface area (Å²) in [5.41, 5.74) is 0. The van der Waals surface area contributed by atoms with Gasteiger partial charge >= 0.3 is 0 Å². The van der Waals surface area contributed by atoms with Gasteiger partial charge in [0.2, 0.25) is 5.91 Å². The summed E-state index contributed by atoms with van der Waals surface area (Å²) in [6.45, 7) is 1.61. The van der Waals surface area contributed by atoms with Crippen molar-refractivity contribution in [2.24, 2.45) is 0 Å². The lowest BCUT2D eigenvalue weighted by atomic mass is 9.96. The summed E-state index contributed by atoms with van der Waals surface area (Å²) in [4.78, 5) is 13.5. The molecule has 17 unspecified atom stereocenters. The van der Waals surface area contributed by atoms with Crippen molar-refractivity contribution >= 4 is 5.91 Å². The van der Waals surface area contributed by atoms with Crippen LogP contribution in [-0.4, -0.2) is 193 Å². The molecule has 106 heavy (non-hydrogen) atoms. The van der Waals surface area contributed by atoms with Crippen molar-refractivity contribution in [3.63, 3.8) is 0 Å². The number of ether oxygens (including phenoxy) is 6. The topological polar surface area (TPSA) is 307 Å². The summed E-state index contributed by atoms with van der Waals surface area (Å²) in [6, 6.07) is -1.01. The Morgan fingerprint density at radius 1 is 0.349 bits per heavy atom. The summed E-state index contributed by atoms with van der Waals surface area (Å²) >= 11 is 0. The maximum absolute atomic E-state index is 13.5. The third-order valence-electron chi connectivity index (χ3n) is 20.0. The van der Waals surface area contributed by atoms with Gasteiger partial charge in [-0.3, -0.25) is 4.79 Å². The third kappa shape index (κ3) is 44.9. The second-order valence-corrected chi connectivity index (χ2v) is 29.2. The van der Waals surface area contributed by atoms with Crippen LogP contribution in [0, 0.1) is 0 Å². The Morgan fingerprint density at radius 3 is 1.06 bits per heavy atom. The Hall–Kier alpha value is -3.81. The number of carbonyl (C=O) groups is 1. The zero-order valence-corrected chi connectivity index (χ0v) is 65.4. The first-order valence-electron chi connectivity index (χ1n) is 41.8. The van der Waals surface area contributed by atoms with E-state index in [0.717, 1.165) is 103 Å². The van der Waals surface area contributed by atoms with Crippen LogP contribution in [-0.2, 0) is 33.2 Å². The van der Waals surface area contributed by atoms with Gasteiger partial charge in [0.05, 0.1) is 38.6 Å². The fourth-order valence-corrected chi connectivity index (χ4v) is 13.3. The van der Waals surface area contributed by atoms with E-state index < -0.39 is 124 Å². The van der Waals surface area contributed by atoms with Crippen LogP contribution in [0.5, 0.6) is 0 Å². The molecule has 0 spiro atoms. The van der Waals surface area contributed by atoms with E-state index in [1.807, 2.05) is 6.08 Å². The molecule has 17 atom stereocenters. The number of hydrogen-bond acceptors (Lipinski definition) is 18. The molecular weight excluding hydrogens is 1350 g/mol. The highest BCUT2D eigenvalue weighted by atomic mass is 16.8. The molecule has 0 aromatic heterocycles. The zero-order valence-electron chi connectivity index (χ0n) is 65.4. The fourth-order valence-electron chi connectivity index (χ4n) is 13.3. The van der Waals surface area contributed by atoms with Crippen molar-refractivity contribution in [1.29, 1.82) is 0 Å². The molecule has 19 heteroatoms. The highest BCUT2D eigenvalue weighted by Crippen LogP contribution is 2.33. The lowest BCUT2D eigenvalue weighted by Crippen LogP contribution is -2.66. The maximum atomic E-state index is 13.5. The molecule has 0 aliphatic carbocycles. The zero-order chi connectivity index (χ0) is 76.7. The molecule has 0 bridgehead atoms. The number of nitrogens with one attached hydrogen (secondary N) is 1. The first-order valence-corrected chi connectivity index (χ1v) is 41.8. The molecule has 3 saturated heterocycles. The monoisotopic (exact) mass is 1500 g/mol. The lowest BCUT2D eigenvalue weighted by Gasteiger charge is -2.48. The van der Waals surface area contributed by atoms with Gasteiger partial charge in [-0.1, -0.05) is 302 Å². The molecule has 3 aliphatic rings. The van der Waals surface area contributed by atoms with Gasteiger partial charge < -0.3 is 89.9 Å². The number of unbranched alkanes of at least 4 members (excludes halogenated alkanes) is 31. The number of carbonyl (C=O) groups excluding carboxylic acids is 1. The van der Waals surface area contributed by atoms with Crippen LogP contribution in [0.4, 0.5) is 0 Å². The molecule has 1 amide bonds. The minimum Gasteiger partial charge on any atom is -0.394 e. The van der Waals surface area contributed by atoms with Crippen LogP contribution in [0.15, 0.2) is 122 Å². The number of aliphatic hydroxyl groups excluding tert-OH is 11. The predicted octanol–water partition coefficient (Wildman–Crippen LogP) is 14.7. The summed E-state index contributed by atoms with van der Waals surface area (Å²) in [5, 5.41) is 121. The molecule has 3 rings (SSSR count). The number of allylic oxidation sites excluding steroid dienone is 19. The molecule has 19 nitrogen and oxygen atoms in total. The van der Waals surface area contributed by atoms with Crippen molar-refractivity contribution in [2.75, 3.05) is 26.4 Å². The van der Waals surface area contributed by atoms with E-state index in [9.17, 15) is 61.0 Å². The van der Waals surface area contributed by atoms with E-state index in [1.165, 1.54) is 154 Å². The Morgan fingerprint density at radius 2 is 0.660 bits per heavy atom. The van der Waals surface area contributed by atoms with Crippen LogP contribution in [0.3, 0.4) is 0 Å². The predicted molar refractivity (Wildman–Crippen MR) is 424 cm³/mol. The van der Waals surface area contributed by atoms with Crippen LogP contribution >= 0.6 is 0 Å². The van der Waals surface area contributed by atoms with E-state index in [-0.39, 0.29) is 18.9 Å². The third-order valence-corrected chi connectivity index (χ3v) is 20.0. The first-order chi connectivity index (χ1) is 51.8. The molecule has 0 saturated carbocycles. The fraction of sp³-hybridized carbons (Fsp3) is 0.759. The minimum absolute atomic E-state index is 0.224. The second-order valence-electron chi connectivity index (χ2n) is 29.2. The molecular formula is C87H149NO18. The van der Waals surface area contributed by atoms with Crippen molar-refractivity contribution in [3.05, 3.63) is 122 Å². The van der Waals surface area contributed by atoms with Crippen LogP contribution < -0.4 is 5.32 Å². The van der Waals surface area contributed by atoms with Crippen LogP contribution in [0.2, 0.25) is 0 Å². The highest BCUT2D eigenvalue weighted by Gasteiger charge is 2.54. The maximum Gasteiger partial charge on any atom is 0.220 e. The summed E-state index contributed by atoms with van der Waals surface area (Å²) in [5.74, 6) is -0.293. The largest absolute Gasteiger partial charge is 0.394 e. The van der Waals surface area contributed by atoms with Gasteiger partial charge in [0.25, 0.3) is 0 Å². The summed E-state index contributed by atoms with van der Waals surface area (Å²) in [7, 11) is 0. The van der Waals surface area contributed by atoms with Crippen LogP contribution in [0.1, 0.15) is 290 Å². The highest BCUT2D eigenvalue weighted by molar-refractivity contribution is 5.76. The van der Waals surface area contributed by atoms with E-state index in [0.29, 0.717) is 12.8 Å². The molecule has 0 aromatic carbocycles. The van der Waals surface area contributed by atoms with Gasteiger partial charge in [-0.25, -0.2) is 0 Å². The van der Waals surface area contributed by atoms with Crippen molar-refractivity contribution in [2.45, 2.75) is 394 Å². The van der Waals surface area contributed by atoms with Crippen molar-refractivity contribution in [3.8, 4) is 0 Å². The SMILES string of the molecule is CC/C=C\C/C=C\C/C=C\C/C=C\C/C=C\C/C=C\C/C=C\CCCCCCCCCCCCCCCC(=O)NC(COC1OC(CO)C(OC2OC(CO)C(OC3OC(CO)C(O)C(O)C3O)C(O)C2O)C(O)C1O)C(O)/C=C/CC/C=C/CC/C=C/CCCCCCCCCCCCCCCCCC. The number of hydrogen-bond donors (Lipinski definition) is 12. The van der Waals surface area contributed by atoms with E-state index in [1.54, 1.807) is 6.08 Å². The molecule has 3 heterocycles. The number of amides is 1. The number of aliphatic hydroxyl groups is 11. The van der Waals surface area contributed by atoms with Gasteiger partial charge in [0, 0.05) is 6.42 Å². The van der Waals surface area contributed by atoms with Gasteiger partial charge in [0.1, 0.15) is 73.2 Å². The molecule has 3 aliphatic heterocycles. The molecule has 0 radical (unpaired) electrons. The van der Waals surface area contributed by atoms with E-state index >= 15 is 0 Å². The van der Waals surface area contributed by atoms with Gasteiger partial charge in [-0.05, 0) is 103 Å². The molecule has 0 aromatic rings. The lowest BCUT2D eigenvalue weighted by molar-refractivity contribution is -0.379. The quantitative estimate of drug-likeness (QED) is 0.0199. The van der Waals surface area contributed by atoms with Gasteiger partial charge in [-0.2, -0.15) is 0 Å². The Bertz CT molecular complexity index is 2390. The first kappa shape index (κ1) is 96.4. The van der Waals surface area contributed by atoms with Crippen molar-refractivity contribution < 1.29 is 89.4 Å². The van der Waals surface area contributed by atoms with Crippen LogP contribution in [0.25, 0.3) is 0 Å². The van der Waals surface area contributed by atoms with Crippen molar-refractivity contribution in [1.82, 2.24) is 5.32 Å². The summed E-state index contributed by atoms with van der Waals surface area (Å²) < 4.78 is 34.4. The Kier molecular flexibility index (Phi) is 59.9. The second kappa shape index (κ2) is 65.9. The minimum atomic E-state index is -1.99. The Labute approximate surface area is 639 Å². The normalized spacial score (nSPS) is 26.3. The standard InChI is InChI=1S/C87H149NO18/c1-3-5-7-9-11-13-15-17-19-21-23-25-27-29-31-32-33-34-35-36-37-38-39-41-43-45-47-49-51-53-55-57-59-61-63-65-75(93)88-70(71(92)64-62-60-58-56-54-52-50-48-46-44-42-40-30-28-26-24-22-20-18-16-14-12-10-8-6-4-2)69-101-85-81(99)78(96)83(73(67-90)103-85)106-87-82(100)79(97)84(74(68-91)104-87)105-86-80(98)77(95)76(94)72(66-89)102-86/h5,7,11,13,17,19,23,25,29,31,33-34,36-37,46,48,54,56,62,64,70-74,76-87,89-92,94-100H,3-4,6,8-10,12,14-16,18,20-22,24,26-28,30,32,35,38-45,47,49-53,55,57-61,63,65-69H2,1-2H3,(H,88,93)/b7-5-,13-11-,19-17-,25-23-,31-29-,34-33-,37-36-,48-46+,56-54+,64-62+. The summed E-state index contributed by atoms with van der Waals surface area (Å²) in [6.07, 6.45) is 66.1. The Balaban J connectivity index is 1.37. The number of rotatable bonds is 65. The average molecular weight is 1500 g/mol. The molecule has 12 N–H and O–H groups in total. The van der Waals surface area contributed by atoms with Gasteiger partial charge in [-0.15, -0.1) is 0 Å². The smallest absolute Gasteiger partial charge is 0.220 e.